The first-order valence-electron chi connectivity index (χ1n) is 11.6. The normalized spacial score (nSPS) is 12.6. The van der Waals surface area contributed by atoms with Gasteiger partial charge in [0.1, 0.15) is 11.9 Å². The van der Waals surface area contributed by atoms with Crippen LogP contribution in [-0.4, -0.2) is 71.8 Å². The fourth-order valence-corrected chi connectivity index (χ4v) is 3.44. The zero-order chi connectivity index (χ0) is 24.1. The van der Waals surface area contributed by atoms with Gasteiger partial charge in [-0.1, -0.05) is 13.0 Å². The van der Waals surface area contributed by atoms with Crippen molar-refractivity contribution in [3.05, 3.63) is 23.4 Å². The molecule has 8 nitrogen and oxygen atoms in total. The topological polar surface area (TPSA) is 104 Å². The van der Waals surface area contributed by atoms with E-state index in [-0.39, 0.29) is 11.5 Å². The average molecular weight is 451 g/mol. The van der Waals surface area contributed by atoms with Crippen molar-refractivity contribution in [2.24, 2.45) is 0 Å². The van der Waals surface area contributed by atoms with Gasteiger partial charge in [0, 0.05) is 32.8 Å². The van der Waals surface area contributed by atoms with Crippen LogP contribution in [-0.2, 0) is 27.2 Å². The predicted molar refractivity (Wildman–Crippen MR) is 128 cm³/mol. The Hall–Kier alpha value is -2.19. The summed E-state index contributed by atoms with van der Waals surface area (Å²) in [5.41, 5.74) is 2.08. The molecule has 1 unspecified atom stereocenters. The van der Waals surface area contributed by atoms with E-state index in [1.165, 1.54) is 12.5 Å². The summed E-state index contributed by atoms with van der Waals surface area (Å²) in [4.78, 5) is 29.7. The number of nitrogens with one attached hydrogen (secondary N) is 2. The Balaban J connectivity index is 2.60. The fraction of sp³-hybridized carbons (Fsp3) is 0.708. The monoisotopic (exact) mass is 450 g/mol. The molecule has 182 valence electrons. The summed E-state index contributed by atoms with van der Waals surface area (Å²) < 4.78 is 5.86. The molecule has 0 saturated heterocycles. The smallest absolute Gasteiger partial charge is 0.326 e. The Morgan fingerprint density at radius 1 is 1.19 bits per heavy atom. The number of pyridine rings is 1. The van der Waals surface area contributed by atoms with E-state index >= 15 is 0 Å². The number of anilines is 1. The van der Waals surface area contributed by atoms with Crippen LogP contribution in [0.2, 0.25) is 0 Å². The van der Waals surface area contributed by atoms with Crippen LogP contribution in [0, 0.1) is 0 Å². The minimum Gasteiger partial charge on any atom is -0.480 e. The number of rotatable bonds is 15. The van der Waals surface area contributed by atoms with E-state index in [1.54, 1.807) is 0 Å². The molecule has 32 heavy (non-hydrogen) atoms. The number of hydrogen-bond donors (Lipinski definition) is 3. The van der Waals surface area contributed by atoms with Crippen molar-refractivity contribution in [2.75, 3.05) is 38.6 Å². The second kappa shape index (κ2) is 14.1. The lowest BCUT2D eigenvalue weighted by molar-refractivity contribution is -0.141. The maximum absolute atomic E-state index is 11.4. The minimum absolute atomic E-state index is 0.215. The summed E-state index contributed by atoms with van der Waals surface area (Å²) in [6.45, 7) is 12.2. The number of carboxylic acid groups (broad SMARTS) is 1. The molecule has 3 N–H and O–H groups in total. The van der Waals surface area contributed by atoms with Crippen molar-refractivity contribution in [1.82, 2.24) is 15.2 Å². The van der Waals surface area contributed by atoms with E-state index in [0.717, 1.165) is 50.3 Å². The second-order valence-electron chi connectivity index (χ2n) is 9.05. The Morgan fingerprint density at radius 3 is 2.47 bits per heavy atom. The lowest BCUT2D eigenvalue weighted by Gasteiger charge is -2.26. The van der Waals surface area contributed by atoms with Gasteiger partial charge in [-0.25, -0.2) is 9.78 Å². The van der Waals surface area contributed by atoms with Gasteiger partial charge < -0.3 is 25.4 Å². The number of hydrogen-bond acceptors (Lipinski definition) is 6. The molecule has 0 saturated carbocycles. The van der Waals surface area contributed by atoms with Gasteiger partial charge in [0.25, 0.3) is 0 Å². The standard InChI is InChI=1S/C24H42N4O4/c1-7-19-11-12-20(27-22(19)25-6)10-8-9-14-28(16-17-32-24(3,4)5)15-13-21(23(30)31)26-18(2)29/h11-12,21H,7-10,13-17H2,1-6H3,(H,25,27)(H,26,29)(H,30,31). The lowest BCUT2D eigenvalue weighted by Crippen LogP contribution is -2.43. The highest BCUT2D eigenvalue weighted by Gasteiger charge is 2.20. The van der Waals surface area contributed by atoms with Crippen LogP contribution in [0.15, 0.2) is 12.1 Å². The van der Waals surface area contributed by atoms with E-state index in [0.29, 0.717) is 19.6 Å². The molecular weight excluding hydrogens is 408 g/mol. The molecule has 0 bridgehead atoms. The van der Waals surface area contributed by atoms with Gasteiger partial charge in [-0.15, -0.1) is 0 Å². The van der Waals surface area contributed by atoms with Crippen LogP contribution in [0.1, 0.15) is 65.1 Å². The number of carbonyl (C=O) groups excluding carboxylic acids is 1. The molecule has 1 atom stereocenters. The third kappa shape index (κ3) is 11.4. The van der Waals surface area contributed by atoms with Crippen LogP contribution < -0.4 is 10.6 Å². The number of aliphatic carboxylic acids is 1. The van der Waals surface area contributed by atoms with Crippen molar-refractivity contribution >= 4 is 17.7 Å². The summed E-state index contributed by atoms with van der Waals surface area (Å²) >= 11 is 0. The van der Waals surface area contributed by atoms with Crippen LogP contribution in [0.5, 0.6) is 0 Å². The van der Waals surface area contributed by atoms with Crippen LogP contribution in [0.3, 0.4) is 0 Å². The highest BCUT2D eigenvalue weighted by Crippen LogP contribution is 2.15. The average Bonchev–Trinajstić information content (AvgIpc) is 2.71. The van der Waals surface area contributed by atoms with Crippen molar-refractivity contribution in [3.63, 3.8) is 0 Å². The third-order valence-electron chi connectivity index (χ3n) is 5.16. The SMILES string of the molecule is CCc1ccc(CCCCN(CCOC(C)(C)C)CCC(NC(C)=O)C(=O)O)nc1NC. The summed E-state index contributed by atoms with van der Waals surface area (Å²) in [6.07, 6.45) is 4.17. The summed E-state index contributed by atoms with van der Waals surface area (Å²) in [7, 11) is 1.90. The largest absolute Gasteiger partial charge is 0.480 e. The first-order valence-corrected chi connectivity index (χ1v) is 11.6. The summed E-state index contributed by atoms with van der Waals surface area (Å²) in [6, 6.07) is 3.36. The number of carboxylic acids is 1. The van der Waals surface area contributed by atoms with Gasteiger partial charge in [0.2, 0.25) is 5.91 Å². The van der Waals surface area contributed by atoms with Gasteiger partial charge >= 0.3 is 5.97 Å². The maximum Gasteiger partial charge on any atom is 0.326 e. The number of aromatic nitrogens is 1. The van der Waals surface area contributed by atoms with Gasteiger partial charge in [-0.2, -0.15) is 0 Å². The van der Waals surface area contributed by atoms with Gasteiger partial charge in [-0.3, -0.25) is 4.79 Å². The van der Waals surface area contributed by atoms with Crippen molar-refractivity contribution in [2.45, 2.75) is 78.4 Å². The van der Waals surface area contributed by atoms with E-state index < -0.39 is 12.0 Å². The van der Waals surface area contributed by atoms with Gasteiger partial charge in [0.05, 0.1) is 12.2 Å². The molecule has 0 aliphatic rings. The molecule has 1 heterocycles. The summed E-state index contributed by atoms with van der Waals surface area (Å²) in [5.74, 6) is -0.390. The highest BCUT2D eigenvalue weighted by molar-refractivity contribution is 5.82. The predicted octanol–water partition coefficient (Wildman–Crippen LogP) is 3.10. The second-order valence-corrected chi connectivity index (χ2v) is 9.05. The van der Waals surface area contributed by atoms with Crippen LogP contribution in [0.25, 0.3) is 0 Å². The van der Waals surface area contributed by atoms with Crippen molar-refractivity contribution in [1.29, 1.82) is 0 Å². The van der Waals surface area contributed by atoms with E-state index in [9.17, 15) is 14.7 Å². The number of amides is 1. The van der Waals surface area contributed by atoms with Crippen LogP contribution in [0.4, 0.5) is 5.82 Å². The number of aryl methyl sites for hydroxylation is 2. The molecule has 0 aliphatic carbocycles. The molecule has 0 aromatic carbocycles. The number of nitrogens with zero attached hydrogens (tertiary/aromatic N) is 2. The fourth-order valence-electron chi connectivity index (χ4n) is 3.44. The zero-order valence-electron chi connectivity index (χ0n) is 20.7. The van der Waals surface area contributed by atoms with Crippen molar-refractivity contribution < 1.29 is 19.4 Å². The lowest BCUT2D eigenvalue weighted by atomic mass is 10.1. The van der Waals surface area contributed by atoms with Crippen molar-refractivity contribution in [3.8, 4) is 0 Å². The molecule has 0 spiro atoms. The van der Waals surface area contributed by atoms with Gasteiger partial charge in [-0.05, 0) is 71.0 Å². The highest BCUT2D eigenvalue weighted by atomic mass is 16.5. The molecule has 0 fully saturated rings. The molecule has 8 heteroatoms. The number of ether oxygens (including phenoxy) is 1. The molecule has 1 amide bonds. The van der Waals surface area contributed by atoms with Gasteiger partial charge in [0.15, 0.2) is 0 Å². The summed E-state index contributed by atoms with van der Waals surface area (Å²) in [5, 5.41) is 15.1. The first-order chi connectivity index (χ1) is 15.1. The minimum atomic E-state index is -1.01. The first kappa shape index (κ1) is 27.8. The quantitative estimate of drug-likeness (QED) is 0.353. The molecular formula is C24H42N4O4. The van der Waals surface area contributed by atoms with E-state index in [2.05, 4.69) is 34.6 Å². The molecule has 0 aliphatic heterocycles. The molecule has 1 rings (SSSR count). The third-order valence-corrected chi connectivity index (χ3v) is 5.16. The zero-order valence-corrected chi connectivity index (χ0v) is 20.7. The molecule has 1 aromatic rings. The number of carbonyl (C=O) groups is 2. The Kier molecular flexibility index (Phi) is 12.2. The van der Waals surface area contributed by atoms with Crippen LogP contribution >= 0.6 is 0 Å². The Labute approximate surface area is 193 Å². The van der Waals surface area contributed by atoms with E-state index in [4.69, 9.17) is 9.72 Å². The Bertz CT molecular complexity index is 718. The molecule has 0 radical (unpaired) electrons. The Morgan fingerprint density at radius 2 is 1.91 bits per heavy atom. The molecule has 1 aromatic heterocycles. The number of unbranched alkanes of at least 4 members (excludes halogenated alkanes) is 1. The van der Waals surface area contributed by atoms with E-state index in [1.807, 2.05) is 27.8 Å². The maximum atomic E-state index is 11.4.